The molecule has 96 valence electrons. The number of hydrogen-bond acceptors (Lipinski definition) is 3. The fourth-order valence-corrected chi connectivity index (χ4v) is 2.07. The van der Waals surface area contributed by atoms with Crippen molar-refractivity contribution < 1.29 is 4.79 Å². The van der Waals surface area contributed by atoms with E-state index in [9.17, 15) is 4.79 Å². The molecule has 0 aliphatic heterocycles. The Morgan fingerprint density at radius 1 is 1.56 bits per heavy atom. The Hall–Kier alpha value is -1.63. The summed E-state index contributed by atoms with van der Waals surface area (Å²) < 4.78 is 2.49. The Balaban J connectivity index is 2.13. The highest BCUT2D eigenvalue weighted by molar-refractivity contribution is 9.10. The molecule has 0 aliphatic carbocycles. The first-order valence-corrected chi connectivity index (χ1v) is 6.51. The number of carbonyl (C=O) groups excluding carboxylic acids is 1. The minimum absolute atomic E-state index is 0.218. The SMILES string of the molecule is CCc1[nH]nc(NC(=O)c2cnn(CC)c2)c1Br. The van der Waals surface area contributed by atoms with Crippen molar-refractivity contribution in [3.05, 3.63) is 28.1 Å². The second-order valence-electron chi connectivity index (χ2n) is 3.76. The monoisotopic (exact) mass is 311 g/mol. The van der Waals surface area contributed by atoms with Crippen LogP contribution in [0.5, 0.6) is 0 Å². The van der Waals surface area contributed by atoms with E-state index in [0.717, 1.165) is 23.1 Å². The molecule has 0 spiro atoms. The van der Waals surface area contributed by atoms with Gasteiger partial charge in [0, 0.05) is 12.7 Å². The molecule has 0 saturated carbocycles. The van der Waals surface area contributed by atoms with Crippen LogP contribution in [0.15, 0.2) is 16.9 Å². The number of aryl methyl sites for hydroxylation is 2. The smallest absolute Gasteiger partial charge is 0.260 e. The van der Waals surface area contributed by atoms with Gasteiger partial charge in [0.05, 0.1) is 21.9 Å². The topological polar surface area (TPSA) is 75.6 Å². The van der Waals surface area contributed by atoms with Crippen molar-refractivity contribution in [2.24, 2.45) is 0 Å². The van der Waals surface area contributed by atoms with Crippen molar-refractivity contribution in [2.45, 2.75) is 26.8 Å². The zero-order valence-electron chi connectivity index (χ0n) is 10.2. The lowest BCUT2D eigenvalue weighted by molar-refractivity contribution is 0.102. The number of rotatable bonds is 4. The van der Waals surface area contributed by atoms with E-state index >= 15 is 0 Å². The first-order chi connectivity index (χ1) is 8.65. The van der Waals surface area contributed by atoms with Gasteiger partial charge in [-0.15, -0.1) is 0 Å². The number of amides is 1. The summed E-state index contributed by atoms with van der Waals surface area (Å²) in [7, 11) is 0. The van der Waals surface area contributed by atoms with E-state index < -0.39 is 0 Å². The summed E-state index contributed by atoms with van der Waals surface area (Å²) in [6, 6.07) is 0. The van der Waals surface area contributed by atoms with Gasteiger partial charge in [0.15, 0.2) is 5.82 Å². The van der Waals surface area contributed by atoms with Crippen molar-refractivity contribution in [1.82, 2.24) is 20.0 Å². The van der Waals surface area contributed by atoms with Crippen molar-refractivity contribution >= 4 is 27.7 Å². The second kappa shape index (κ2) is 5.34. The van der Waals surface area contributed by atoms with E-state index in [2.05, 4.69) is 36.5 Å². The Bertz CT molecular complexity index is 560. The number of hydrogen-bond donors (Lipinski definition) is 2. The quantitative estimate of drug-likeness (QED) is 0.909. The van der Waals surface area contributed by atoms with Crippen LogP contribution >= 0.6 is 15.9 Å². The molecule has 0 fully saturated rings. The maximum absolute atomic E-state index is 12.0. The van der Waals surface area contributed by atoms with Gasteiger partial charge in [-0.25, -0.2) is 0 Å². The normalized spacial score (nSPS) is 10.6. The number of aromatic nitrogens is 4. The van der Waals surface area contributed by atoms with Crippen LogP contribution in [0.1, 0.15) is 29.9 Å². The third kappa shape index (κ3) is 2.45. The molecule has 2 N–H and O–H groups in total. The molecule has 2 aromatic heterocycles. The van der Waals surface area contributed by atoms with Crippen LogP contribution in [0.2, 0.25) is 0 Å². The van der Waals surface area contributed by atoms with Gasteiger partial charge < -0.3 is 5.32 Å². The molecule has 0 unspecified atom stereocenters. The number of halogens is 1. The van der Waals surface area contributed by atoms with Crippen molar-refractivity contribution in [1.29, 1.82) is 0 Å². The minimum atomic E-state index is -0.218. The summed E-state index contributed by atoms with van der Waals surface area (Å²) in [5.41, 5.74) is 1.47. The molecule has 2 rings (SSSR count). The summed E-state index contributed by atoms with van der Waals surface area (Å²) in [6.07, 6.45) is 4.06. The second-order valence-corrected chi connectivity index (χ2v) is 4.55. The molecular weight excluding hydrogens is 298 g/mol. The molecule has 0 saturated heterocycles. The summed E-state index contributed by atoms with van der Waals surface area (Å²) in [6.45, 7) is 4.71. The molecule has 6 nitrogen and oxygen atoms in total. The van der Waals surface area contributed by atoms with Crippen LogP contribution in [0.4, 0.5) is 5.82 Å². The predicted octanol–water partition coefficient (Wildman–Crippen LogP) is 2.20. The van der Waals surface area contributed by atoms with E-state index in [4.69, 9.17) is 0 Å². The maximum Gasteiger partial charge on any atom is 0.260 e. The molecule has 0 radical (unpaired) electrons. The van der Waals surface area contributed by atoms with Gasteiger partial charge in [-0.2, -0.15) is 10.2 Å². The van der Waals surface area contributed by atoms with Crippen molar-refractivity contribution in [3.63, 3.8) is 0 Å². The van der Waals surface area contributed by atoms with E-state index in [1.807, 2.05) is 13.8 Å². The van der Waals surface area contributed by atoms with Crippen molar-refractivity contribution in [3.8, 4) is 0 Å². The molecule has 2 aromatic rings. The minimum Gasteiger partial charge on any atom is -0.304 e. The van der Waals surface area contributed by atoms with E-state index in [-0.39, 0.29) is 5.91 Å². The lowest BCUT2D eigenvalue weighted by atomic mass is 10.3. The lowest BCUT2D eigenvalue weighted by Gasteiger charge is -1.99. The van der Waals surface area contributed by atoms with Gasteiger partial charge in [0.1, 0.15) is 0 Å². The molecule has 2 heterocycles. The number of anilines is 1. The van der Waals surface area contributed by atoms with Gasteiger partial charge in [-0.3, -0.25) is 14.6 Å². The highest BCUT2D eigenvalue weighted by Gasteiger charge is 2.14. The molecular formula is C11H14BrN5O. The molecule has 7 heteroatoms. The maximum atomic E-state index is 12.0. The van der Waals surface area contributed by atoms with E-state index in [0.29, 0.717) is 11.4 Å². The Morgan fingerprint density at radius 3 is 2.89 bits per heavy atom. The zero-order valence-corrected chi connectivity index (χ0v) is 11.8. The van der Waals surface area contributed by atoms with Crippen LogP contribution in [0, 0.1) is 0 Å². The van der Waals surface area contributed by atoms with Crippen LogP contribution < -0.4 is 5.32 Å². The van der Waals surface area contributed by atoms with Gasteiger partial charge >= 0.3 is 0 Å². The summed E-state index contributed by atoms with van der Waals surface area (Å²) in [5.74, 6) is 0.283. The van der Waals surface area contributed by atoms with Crippen LogP contribution in [0.25, 0.3) is 0 Å². The fourth-order valence-electron chi connectivity index (χ4n) is 1.52. The Kier molecular flexibility index (Phi) is 3.81. The fraction of sp³-hybridized carbons (Fsp3) is 0.364. The number of H-pyrrole nitrogens is 1. The summed E-state index contributed by atoms with van der Waals surface area (Å²) in [5, 5.41) is 13.7. The first kappa shape index (κ1) is 12.8. The molecule has 0 aliphatic rings. The highest BCUT2D eigenvalue weighted by atomic mass is 79.9. The van der Waals surface area contributed by atoms with Gasteiger partial charge in [0.2, 0.25) is 0 Å². The molecule has 1 amide bonds. The molecule has 0 aromatic carbocycles. The van der Waals surface area contributed by atoms with Crippen LogP contribution in [-0.4, -0.2) is 25.9 Å². The van der Waals surface area contributed by atoms with Crippen molar-refractivity contribution in [2.75, 3.05) is 5.32 Å². The average Bonchev–Trinajstić information content (AvgIpc) is 2.97. The first-order valence-electron chi connectivity index (χ1n) is 5.72. The van der Waals surface area contributed by atoms with Gasteiger partial charge in [-0.1, -0.05) is 6.92 Å². The molecule has 0 atom stereocenters. The summed E-state index contributed by atoms with van der Waals surface area (Å²) in [4.78, 5) is 12.0. The third-order valence-electron chi connectivity index (χ3n) is 2.58. The highest BCUT2D eigenvalue weighted by Crippen LogP contribution is 2.24. The third-order valence-corrected chi connectivity index (χ3v) is 3.43. The molecule has 18 heavy (non-hydrogen) atoms. The Labute approximate surface area is 113 Å². The van der Waals surface area contributed by atoms with Gasteiger partial charge in [0.25, 0.3) is 5.91 Å². The van der Waals surface area contributed by atoms with Crippen LogP contribution in [-0.2, 0) is 13.0 Å². The number of carbonyl (C=O) groups is 1. The van der Waals surface area contributed by atoms with E-state index in [1.165, 1.54) is 0 Å². The van der Waals surface area contributed by atoms with Crippen LogP contribution in [0.3, 0.4) is 0 Å². The molecule has 0 bridgehead atoms. The predicted molar refractivity (Wildman–Crippen MR) is 71.5 cm³/mol. The van der Waals surface area contributed by atoms with E-state index in [1.54, 1.807) is 17.1 Å². The Morgan fingerprint density at radius 2 is 2.33 bits per heavy atom. The lowest BCUT2D eigenvalue weighted by Crippen LogP contribution is -2.11. The van der Waals surface area contributed by atoms with Gasteiger partial charge in [-0.05, 0) is 29.3 Å². The zero-order chi connectivity index (χ0) is 13.1. The average molecular weight is 312 g/mol. The largest absolute Gasteiger partial charge is 0.304 e. The number of nitrogens with one attached hydrogen (secondary N) is 2. The number of nitrogens with zero attached hydrogens (tertiary/aromatic N) is 3. The summed E-state index contributed by atoms with van der Waals surface area (Å²) >= 11 is 3.40. The number of aromatic amines is 1. The standard InChI is InChI=1S/C11H14BrN5O/c1-3-8-9(12)10(16-15-8)14-11(18)7-5-13-17(4-2)6-7/h5-6H,3-4H2,1-2H3,(H2,14,15,16,18).